The molecule has 0 N–H and O–H groups in total. The van der Waals surface area contributed by atoms with Crippen LogP contribution in [0.15, 0.2) is 67.3 Å². The zero-order valence-electron chi connectivity index (χ0n) is 20.0. The predicted molar refractivity (Wildman–Crippen MR) is 133 cm³/mol. The Morgan fingerprint density at radius 3 is 2.11 bits per heavy atom. The molecule has 184 valence electrons. The fourth-order valence-electron chi connectivity index (χ4n) is 4.34. The zero-order valence-corrected chi connectivity index (χ0v) is 20.0. The van der Waals surface area contributed by atoms with Gasteiger partial charge in [-0.05, 0) is 35.6 Å². The average molecular weight is 481 g/mol. The Kier molecular flexibility index (Phi) is 8.42. The molecule has 1 aliphatic rings. The van der Waals surface area contributed by atoms with Gasteiger partial charge in [-0.1, -0.05) is 80.8 Å². The van der Waals surface area contributed by atoms with Crippen LogP contribution < -0.4 is 0 Å². The highest BCUT2D eigenvalue weighted by atomic mass is 19.2. The summed E-state index contributed by atoms with van der Waals surface area (Å²) in [7, 11) is 0. The van der Waals surface area contributed by atoms with E-state index in [9.17, 15) is 13.2 Å². The number of benzene rings is 3. The molecule has 0 atom stereocenters. The first-order valence-electron chi connectivity index (χ1n) is 12.2. The average Bonchev–Trinajstić information content (AvgIpc) is 2.89. The van der Waals surface area contributed by atoms with Gasteiger partial charge < -0.3 is 9.47 Å². The van der Waals surface area contributed by atoms with E-state index in [1.165, 1.54) is 6.07 Å². The van der Waals surface area contributed by atoms with Gasteiger partial charge in [0.15, 0.2) is 17.9 Å². The Morgan fingerprint density at radius 2 is 1.49 bits per heavy atom. The number of hydrogen-bond donors (Lipinski definition) is 0. The maximum absolute atomic E-state index is 14.9. The highest BCUT2D eigenvalue weighted by molar-refractivity contribution is 5.71. The van der Waals surface area contributed by atoms with Gasteiger partial charge in [-0.15, -0.1) is 6.58 Å². The van der Waals surface area contributed by atoms with E-state index in [1.54, 1.807) is 54.6 Å². The molecule has 2 nitrogen and oxygen atoms in total. The standard InChI is InChI=1S/C30H31F3O2/c1-3-5-6-7-8-23-13-16-26(29(33)28(23)32)22-11-9-21(10-12-22)25-15-14-24(17-27(25)31)30-34-18-20(4-2)19-35-30/h4,9-17,20,30H,2-3,5-8,18-19H2,1H3. The van der Waals surface area contributed by atoms with Crippen LogP contribution in [0.1, 0.15) is 50.0 Å². The lowest BCUT2D eigenvalue weighted by Gasteiger charge is -2.28. The smallest absolute Gasteiger partial charge is 0.183 e. The van der Waals surface area contributed by atoms with Crippen LogP contribution in [-0.4, -0.2) is 13.2 Å². The van der Waals surface area contributed by atoms with Crippen molar-refractivity contribution in [2.75, 3.05) is 13.2 Å². The highest BCUT2D eigenvalue weighted by Crippen LogP contribution is 2.32. The third kappa shape index (κ3) is 5.85. The number of halogens is 3. The number of aryl methyl sites for hydroxylation is 1. The van der Waals surface area contributed by atoms with Crippen LogP contribution >= 0.6 is 0 Å². The Morgan fingerprint density at radius 1 is 0.829 bits per heavy atom. The first kappa shape index (κ1) is 25.2. The third-order valence-corrected chi connectivity index (χ3v) is 6.49. The fourth-order valence-corrected chi connectivity index (χ4v) is 4.34. The van der Waals surface area contributed by atoms with Gasteiger partial charge in [-0.3, -0.25) is 0 Å². The van der Waals surface area contributed by atoms with Gasteiger partial charge in [-0.25, -0.2) is 13.2 Å². The lowest BCUT2D eigenvalue weighted by atomic mass is 9.97. The van der Waals surface area contributed by atoms with Crippen molar-refractivity contribution in [3.8, 4) is 22.3 Å². The van der Waals surface area contributed by atoms with Gasteiger partial charge in [0.25, 0.3) is 0 Å². The molecule has 0 amide bonds. The summed E-state index contributed by atoms with van der Waals surface area (Å²) in [5.74, 6) is -1.89. The minimum atomic E-state index is -0.840. The van der Waals surface area contributed by atoms with E-state index in [0.29, 0.717) is 47.5 Å². The van der Waals surface area contributed by atoms with Crippen molar-refractivity contribution in [3.05, 3.63) is 95.8 Å². The maximum atomic E-state index is 14.9. The number of hydrogen-bond acceptors (Lipinski definition) is 2. The van der Waals surface area contributed by atoms with Crippen molar-refractivity contribution in [2.45, 2.75) is 45.3 Å². The van der Waals surface area contributed by atoms with Crippen molar-refractivity contribution in [1.82, 2.24) is 0 Å². The van der Waals surface area contributed by atoms with Gasteiger partial charge in [-0.2, -0.15) is 0 Å². The molecule has 0 bridgehead atoms. The quantitative estimate of drug-likeness (QED) is 0.226. The van der Waals surface area contributed by atoms with Crippen molar-refractivity contribution in [1.29, 1.82) is 0 Å². The molecular weight excluding hydrogens is 449 g/mol. The molecule has 4 rings (SSSR count). The van der Waals surface area contributed by atoms with E-state index in [-0.39, 0.29) is 11.5 Å². The van der Waals surface area contributed by atoms with Gasteiger partial charge in [0.05, 0.1) is 13.2 Å². The molecule has 0 aromatic heterocycles. The first-order chi connectivity index (χ1) is 17.0. The highest BCUT2D eigenvalue weighted by Gasteiger charge is 2.23. The maximum Gasteiger partial charge on any atom is 0.183 e. The molecule has 0 radical (unpaired) electrons. The molecule has 35 heavy (non-hydrogen) atoms. The van der Waals surface area contributed by atoms with E-state index in [0.717, 1.165) is 25.7 Å². The minimum absolute atomic E-state index is 0.134. The Hall–Kier alpha value is -2.89. The Balaban J connectivity index is 1.48. The lowest BCUT2D eigenvalue weighted by molar-refractivity contribution is -0.197. The summed E-state index contributed by atoms with van der Waals surface area (Å²) in [4.78, 5) is 0. The van der Waals surface area contributed by atoms with Crippen molar-refractivity contribution >= 4 is 0 Å². The molecule has 1 heterocycles. The van der Waals surface area contributed by atoms with E-state index in [4.69, 9.17) is 9.47 Å². The molecule has 0 aliphatic carbocycles. The number of rotatable bonds is 9. The van der Waals surface area contributed by atoms with Crippen molar-refractivity contribution < 1.29 is 22.6 Å². The molecule has 5 heteroatoms. The first-order valence-corrected chi connectivity index (χ1v) is 12.2. The second kappa shape index (κ2) is 11.7. The fraction of sp³-hybridized carbons (Fsp3) is 0.333. The van der Waals surface area contributed by atoms with E-state index in [2.05, 4.69) is 13.5 Å². The number of ether oxygens (including phenoxy) is 2. The monoisotopic (exact) mass is 480 g/mol. The largest absolute Gasteiger partial charge is 0.348 e. The summed E-state index contributed by atoms with van der Waals surface area (Å²) in [6.45, 7) is 6.82. The van der Waals surface area contributed by atoms with Crippen molar-refractivity contribution in [2.24, 2.45) is 5.92 Å². The number of unbranched alkanes of at least 4 members (excludes halogenated alkanes) is 3. The SMILES string of the molecule is C=CC1COC(c2ccc(-c3ccc(-c4ccc(CCCCCC)c(F)c4F)cc3)c(F)c2)OC1. The molecule has 3 aromatic carbocycles. The molecule has 0 spiro atoms. The van der Waals surface area contributed by atoms with E-state index in [1.807, 2.05) is 0 Å². The molecule has 1 fully saturated rings. The summed E-state index contributed by atoms with van der Waals surface area (Å²) in [6, 6.07) is 15.0. The summed E-state index contributed by atoms with van der Waals surface area (Å²) < 4.78 is 55.7. The van der Waals surface area contributed by atoms with Crippen LogP contribution in [0.4, 0.5) is 13.2 Å². The topological polar surface area (TPSA) is 18.5 Å². The molecule has 0 saturated carbocycles. The molecule has 1 saturated heterocycles. The van der Waals surface area contributed by atoms with Crippen molar-refractivity contribution in [3.63, 3.8) is 0 Å². The summed E-state index contributed by atoms with van der Waals surface area (Å²) >= 11 is 0. The van der Waals surface area contributed by atoms with Crippen LogP contribution in [0.5, 0.6) is 0 Å². The molecular formula is C30H31F3O2. The molecule has 1 aliphatic heterocycles. The lowest BCUT2D eigenvalue weighted by Crippen LogP contribution is -2.25. The summed E-state index contributed by atoms with van der Waals surface area (Å²) in [5.41, 5.74) is 2.81. The van der Waals surface area contributed by atoms with Crippen LogP contribution in [0, 0.1) is 23.4 Å². The predicted octanol–water partition coefficient (Wildman–Crippen LogP) is 8.41. The Bertz CT molecular complexity index is 1150. The van der Waals surface area contributed by atoms with Crippen LogP contribution in [0.25, 0.3) is 22.3 Å². The van der Waals surface area contributed by atoms with Crippen LogP contribution in [-0.2, 0) is 15.9 Å². The van der Waals surface area contributed by atoms with Crippen LogP contribution in [0.3, 0.4) is 0 Å². The van der Waals surface area contributed by atoms with Gasteiger partial charge in [0, 0.05) is 22.6 Å². The Labute approximate surface area is 205 Å². The summed E-state index contributed by atoms with van der Waals surface area (Å²) in [6.07, 6.45) is 5.75. The second-order valence-corrected chi connectivity index (χ2v) is 9.02. The zero-order chi connectivity index (χ0) is 24.8. The van der Waals surface area contributed by atoms with E-state index < -0.39 is 23.7 Å². The van der Waals surface area contributed by atoms with E-state index >= 15 is 0 Å². The van der Waals surface area contributed by atoms with Crippen LogP contribution in [0.2, 0.25) is 0 Å². The normalized spacial score (nSPS) is 17.9. The summed E-state index contributed by atoms with van der Waals surface area (Å²) in [5, 5.41) is 0. The van der Waals surface area contributed by atoms with Gasteiger partial charge >= 0.3 is 0 Å². The van der Waals surface area contributed by atoms with Gasteiger partial charge in [0.1, 0.15) is 5.82 Å². The minimum Gasteiger partial charge on any atom is -0.348 e. The molecule has 0 unspecified atom stereocenters. The second-order valence-electron chi connectivity index (χ2n) is 9.02. The molecule has 3 aromatic rings. The van der Waals surface area contributed by atoms with Gasteiger partial charge in [0.2, 0.25) is 0 Å². The third-order valence-electron chi connectivity index (χ3n) is 6.49.